The van der Waals surface area contributed by atoms with Crippen LogP contribution in [0.25, 0.3) is 0 Å². The Hall–Kier alpha value is -2.41. The van der Waals surface area contributed by atoms with Crippen molar-refractivity contribution in [3.05, 3.63) is 51.0 Å². The molecule has 128 valence electrons. The third kappa shape index (κ3) is 2.99. The van der Waals surface area contributed by atoms with Gasteiger partial charge in [-0.25, -0.2) is 4.98 Å². The number of carbonyl (C=O) groups excluding carboxylic acids is 1. The molecule has 0 unspecified atom stereocenters. The van der Waals surface area contributed by atoms with Gasteiger partial charge >= 0.3 is 0 Å². The molecule has 24 heavy (non-hydrogen) atoms. The first kappa shape index (κ1) is 16.4. The molecule has 0 spiro atoms. The Balaban J connectivity index is 1.96. The second-order valence-corrected chi connectivity index (χ2v) is 6.32. The fourth-order valence-corrected chi connectivity index (χ4v) is 3.16. The van der Waals surface area contributed by atoms with Crippen LogP contribution in [0, 0.1) is 20.8 Å². The van der Waals surface area contributed by atoms with Gasteiger partial charge in [-0.05, 0) is 26.8 Å². The van der Waals surface area contributed by atoms with E-state index in [1.54, 1.807) is 25.0 Å². The minimum atomic E-state index is -0.276. The first-order valence-electron chi connectivity index (χ1n) is 7.97. The standard InChI is InChI=1S/C17H22N4O3/c1-9-5-12(6-15(22)18-9)17(23)21-8-13(24-4)7-14(21)16-19-10(2)11(3)20-16/h5-6,13-14H,7-8H2,1-4H3,(H,18,22)(H,19,20)/t13-,14+/m1/s1. The molecule has 1 amide bonds. The van der Waals surface area contributed by atoms with E-state index in [0.717, 1.165) is 17.2 Å². The van der Waals surface area contributed by atoms with Crippen LogP contribution in [-0.4, -0.2) is 45.5 Å². The van der Waals surface area contributed by atoms with Gasteiger partial charge in [0.2, 0.25) is 5.56 Å². The van der Waals surface area contributed by atoms with E-state index in [1.165, 1.54) is 6.07 Å². The lowest BCUT2D eigenvalue weighted by Gasteiger charge is -2.23. The van der Waals surface area contributed by atoms with Gasteiger partial charge in [0, 0.05) is 43.1 Å². The van der Waals surface area contributed by atoms with Crippen LogP contribution in [0.4, 0.5) is 0 Å². The molecule has 3 rings (SSSR count). The zero-order chi connectivity index (χ0) is 17.4. The van der Waals surface area contributed by atoms with Gasteiger partial charge in [0.25, 0.3) is 5.91 Å². The van der Waals surface area contributed by atoms with Crippen LogP contribution in [0.15, 0.2) is 16.9 Å². The Morgan fingerprint density at radius 2 is 2.04 bits per heavy atom. The van der Waals surface area contributed by atoms with Crippen molar-refractivity contribution in [2.24, 2.45) is 0 Å². The number of H-pyrrole nitrogens is 2. The Kier molecular flexibility index (Phi) is 4.28. The molecular formula is C17H22N4O3. The molecule has 2 aromatic rings. The van der Waals surface area contributed by atoms with Gasteiger partial charge in [-0.3, -0.25) is 9.59 Å². The predicted molar refractivity (Wildman–Crippen MR) is 89.1 cm³/mol. The van der Waals surface area contributed by atoms with Crippen LogP contribution >= 0.6 is 0 Å². The van der Waals surface area contributed by atoms with Crippen LogP contribution in [-0.2, 0) is 4.74 Å². The van der Waals surface area contributed by atoms with Gasteiger partial charge in [0.1, 0.15) is 5.82 Å². The van der Waals surface area contributed by atoms with E-state index in [-0.39, 0.29) is 23.6 Å². The summed E-state index contributed by atoms with van der Waals surface area (Å²) in [5.74, 6) is 0.583. The molecular weight excluding hydrogens is 308 g/mol. The Morgan fingerprint density at radius 1 is 1.29 bits per heavy atom. The third-order valence-corrected chi connectivity index (χ3v) is 4.54. The predicted octanol–water partition coefficient (Wildman–Crippen LogP) is 1.63. The van der Waals surface area contributed by atoms with Crippen LogP contribution in [0.5, 0.6) is 0 Å². The fraction of sp³-hybridized carbons (Fsp3) is 0.471. The van der Waals surface area contributed by atoms with Gasteiger partial charge in [0.05, 0.1) is 17.8 Å². The number of amides is 1. The molecule has 1 fully saturated rings. The van der Waals surface area contributed by atoms with Crippen molar-refractivity contribution in [3.8, 4) is 0 Å². The maximum Gasteiger partial charge on any atom is 0.254 e. The lowest BCUT2D eigenvalue weighted by molar-refractivity contribution is 0.0684. The number of hydrogen-bond donors (Lipinski definition) is 2. The highest BCUT2D eigenvalue weighted by molar-refractivity contribution is 5.94. The number of pyridine rings is 1. The van der Waals surface area contributed by atoms with Crippen molar-refractivity contribution in [3.63, 3.8) is 0 Å². The summed E-state index contributed by atoms with van der Waals surface area (Å²) in [5.41, 5.74) is 2.69. The van der Waals surface area contributed by atoms with Crippen molar-refractivity contribution in [1.29, 1.82) is 0 Å². The molecule has 3 heterocycles. The highest BCUT2D eigenvalue weighted by Crippen LogP contribution is 2.33. The molecule has 7 heteroatoms. The molecule has 0 aliphatic carbocycles. The average molecular weight is 330 g/mol. The molecule has 1 aliphatic heterocycles. The van der Waals surface area contributed by atoms with E-state index in [0.29, 0.717) is 24.2 Å². The lowest BCUT2D eigenvalue weighted by Crippen LogP contribution is -2.33. The summed E-state index contributed by atoms with van der Waals surface area (Å²) in [6.07, 6.45) is 0.629. The molecule has 0 aromatic carbocycles. The Labute approximate surface area is 140 Å². The van der Waals surface area contributed by atoms with Crippen molar-refractivity contribution >= 4 is 5.91 Å². The van der Waals surface area contributed by atoms with E-state index >= 15 is 0 Å². The second kappa shape index (κ2) is 6.24. The summed E-state index contributed by atoms with van der Waals surface area (Å²) in [6.45, 7) is 6.13. The van der Waals surface area contributed by atoms with Crippen molar-refractivity contribution in [2.75, 3.05) is 13.7 Å². The number of aryl methyl sites for hydroxylation is 3. The molecule has 2 aromatic heterocycles. The molecule has 0 saturated carbocycles. The van der Waals surface area contributed by atoms with E-state index in [2.05, 4.69) is 15.0 Å². The molecule has 0 bridgehead atoms. The molecule has 7 nitrogen and oxygen atoms in total. The Bertz CT molecular complexity index is 804. The number of likely N-dealkylation sites (tertiary alicyclic amines) is 1. The molecule has 1 aliphatic rings. The maximum absolute atomic E-state index is 13.0. The van der Waals surface area contributed by atoms with E-state index < -0.39 is 0 Å². The van der Waals surface area contributed by atoms with Crippen molar-refractivity contribution in [1.82, 2.24) is 19.9 Å². The molecule has 2 N–H and O–H groups in total. The van der Waals surface area contributed by atoms with E-state index in [4.69, 9.17) is 4.74 Å². The molecule has 0 radical (unpaired) electrons. The lowest BCUT2D eigenvalue weighted by atomic mass is 10.1. The molecule has 2 atom stereocenters. The monoisotopic (exact) mass is 330 g/mol. The highest BCUT2D eigenvalue weighted by Gasteiger charge is 2.38. The maximum atomic E-state index is 13.0. The minimum Gasteiger partial charge on any atom is -0.380 e. The number of ether oxygens (including phenoxy) is 1. The number of methoxy groups -OCH3 is 1. The zero-order valence-corrected chi connectivity index (χ0v) is 14.3. The number of imidazole rings is 1. The third-order valence-electron chi connectivity index (χ3n) is 4.54. The summed E-state index contributed by atoms with van der Waals surface area (Å²) >= 11 is 0. The smallest absolute Gasteiger partial charge is 0.254 e. The first-order chi connectivity index (χ1) is 11.4. The average Bonchev–Trinajstić information content (AvgIpc) is 3.09. The van der Waals surface area contributed by atoms with Crippen LogP contribution < -0.4 is 5.56 Å². The SMILES string of the molecule is CO[C@@H]1C[C@@H](c2nc(C)c(C)[nH]2)N(C(=O)c2cc(C)[nH]c(=O)c2)C1. The summed E-state index contributed by atoms with van der Waals surface area (Å²) < 4.78 is 5.46. The minimum absolute atomic E-state index is 0.0484. The number of nitrogens with zero attached hydrogens (tertiary/aromatic N) is 2. The summed E-state index contributed by atoms with van der Waals surface area (Å²) in [6, 6.07) is 2.85. The largest absolute Gasteiger partial charge is 0.380 e. The number of rotatable bonds is 3. The second-order valence-electron chi connectivity index (χ2n) is 6.32. The summed E-state index contributed by atoms with van der Waals surface area (Å²) in [4.78, 5) is 36.9. The van der Waals surface area contributed by atoms with Crippen LogP contribution in [0.1, 0.15) is 45.7 Å². The van der Waals surface area contributed by atoms with E-state index in [9.17, 15) is 9.59 Å². The molecule has 1 saturated heterocycles. The zero-order valence-electron chi connectivity index (χ0n) is 14.3. The number of nitrogens with one attached hydrogen (secondary N) is 2. The summed E-state index contributed by atoms with van der Waals surface area (Å²) in [7, 11) is 1.64. The van der Waals surface area contributed by atoms with Crippen LogP contribution in [0.3, 0.4) is 0 Å². The normalized spacial score (nSPS) is 20.6. The first-order valence-corrected chi connectivity index (χ1v) is 7.97. The summed E-state index contributed by atoms with van der Waals surface area (Å²) in [5, 5.41) is 0. The van der Waals surface area contributed by atoms with Crippen molar-refractivity contribution < 1.29 is 9.53 Å². The van der Waals surface area contributed by atoms with Gasteiger partial charge in [0.15, 0.2) is 0 Å². The van der Waals surface area contributed by atoms with Gasteiger partial charge in [-0.15, -0.1) is 0 Å². The van der Waals surface area contributed by atoms with Crippen LogP contribution in [0.2, 0.25) is 0 Å². The van der Waals surface area contributed by atoms with Gasteiger partial charge < -0.3 is 19.6 Å². The Morgan fingerprint density at radius 3 is 2.62 bits per heavy atom. The number of hydrogen-bond acceptors (Lipinski definition) is 4. The van der Waals surface area contributed by atoms with Crippen molar-refractivity contribution in [2.45, 2.75) is 39.3 Å². The fourth-order valence-electron chi connectivity index (χ4n) is 3.16. The topological polar surface area (TPSA) is 91.1 Å². The van der Waals surface area contributed by atoms with E-state index in [1.807, 2.05) is 13.8 Å². The number of aromatic amines is 2. The number of carbonyl (C=O) groups is 1. The van der Waals surface area contributed by atoms with Gasteiger partial charge in [-0.2, -0.15) is 0 Å². The van der Waals surface area contributed by atoms with Gasteiger partial charge in [-0.1, -0.05) is 0 Å². The quantitative estimate of drug-likeness (QED) is 0.895. The highest BCUT2D eigenvalue weighted by atomic mass is 16.5. The number of aromatic nitrogens is 3.